The molecule has 0 radical (unpaired) electrons. The van der Waals surface area contributed by atoms with Gasteiger partial charge in [0.15, 0.2) is 5.78 Å². The van der Waals surface area contributed by atoms with Gasteiger partial charge in [0.1, 0.15) is 5.60 Å². The van der Waals surface area contributed by atoms with Crippen LogP contribution in [-0.4, -0.2) is 17.4 Å². The molecule has 0 aromatic heterocycles. The normalized spacial score (nSPS) is 50.3. The van der Waals surface area contributed by atoms with Gasteiger partial charge in [0.2, 0.25) is 0 Å². The van der Waals surface area contributed by atoms with Gasteiger partial charge < -0.3 is 4.74 Å². The number of carbonyl (C=O) groups is 2. The van der Waals surface area contributed by atoms with Crippen molar-refractivity contribution >= 4 is 11.8 Å². The van der Waals surface area contributed by atoms with Gasteiger partial charge in [0.25, 0.3) is 0 Å². The smallest absolute Gasteiger partial charge is 0.306 e. The van der Waals surface area contributed by atoms with Crippen LogP contribution in [0, 0.1) is 28.6 Å². The van der Waals surface area contributed by atoms with Gasteiger partial charge >= 0.3 is 5.97 Å². The summed E-state index contributed by atoms with van der Waals surface area (Å²) in [6, 6.07) is 0. The second-order valence-electron chi connectivity index (χ2n) is 9.17. The largest absolute Gasteiger partial charge is 0.458 e. The Morgan fingerprint density at radius 2 is 1.92 bits per heavy atom. The maximum Gasteiger partial charge on any atom is 0.306 e. The molecular weight excluding hydrogens is 312 g/mol. The fourth-order valence-electron chi connectivity index (χ4n) is 6.86. The first-order valence-electron chi connectivity index (χ1n) is 9.73. The minimum absolute atomic E-state index is 0.0213. The van der Waals surface area contributed by atoms with E-state index in [-0.39, 0.29) is 28.2 Å². The Labute approximate surface area is 149 Å². The molecule has 132 valence electrons. The minimum atomic E-state index is -0.272. The van der Waals surface area contributed by atoms with Gasteiger partial charge in [-0.1, -0.05) is 37.6 Å². The van der Waals surface area contributed by atoms with Crippen LogP contribution in [0.5, 0.6) is 0 Å². The molecule has 1 aliphatic heterocycles. The molecule has 5 rings (SSSR count). The summed E-state index contributed by atoms with van der Waals surface area (Å²) < 4.78 is 5.95. The Morgan fingerprint density at radius 3 is 2.68 bits per heavy atom. The molecule has 4 aliphatic carbocycles. The maximum atomic E-state index is 11.9. The van der Waals surface area contributed by atoms with Crippen LogP contribution in [0.4, 0.5) is 0 Å². The van der Waals surface area contributed by atoms with E-state index in [1.807, 2.05) is 6.08 Å². The number of rotatable bonds is 0. The van der Waals surface area contributed by atoms with E-state index < -0.39 is 0 Å². The van der Waals surface area contributed by atoms with Crippen molar-refractivity contribution in [3.8, 4) is 0 Å². The van der Waals surface area contributed by atoms with Crippen LogP contribution < -0.4 is 0 Å². The number of ketones is 1. The first kappa shape index (κ1) is 15.6. The molecule has 0 bridgehead atoms. The third kappa shape index (κ3) is 1.82. The molecule has 5 unspecified atom stereocenters. The van der Waals surface area contributed by atoms with E-state index >= 15 is 0 Å². The lowest BCUT2D eigenvalue weighted by atomic mass is 9.50. The van der Waals surface area contributed by atoms with Crippen molar-refractivity contribution in [1.82, 2.24) is 0 Å². The highest BCUT2D eigenvalue weighted by Crippen LogP contribution is 2.66. The highest BCUT2D eigenvalue weighted by Gasteiger charge is 2.65. The van der Waals surface area contributed by atoms with E-state index in [0.29, 0.717) is 24.2 Å². The van der Waals surface area contributed by atoms with Gasteiger partial charge in [-0.2, -0.15) is 0 Å². The van der Waals surface area contributed by atoms with Gasteiger partial charge in [-0.25, -0.2) is 0 Å². The predicted octanol–water partition coefficient (Wildman–Crippen LogP) is 4.15. The Bertz CT molecular complexity index is 759. The molecule has 3 nitrogen and oxygen atoms in total. The fraction of sp³-hybridized carbons (Fsp3) is 0.636. The van der Waals surface area contributed by atoms with Crippen molar-refractivity contribution in [3.05, 3.63) is 36.0 Å². The summed E-state index contributed by atoms with van der Waals surface area (Å²) in [5.74, 6) is 1.73. The molecule has 0 N–H and O–H groups in total. The summed E-state index contributed by atoms with van der Waals surface area (Å²) in [5, 5.41) is 0. The number of allylic oxidation sites excluding steroid dienone is 5. The monoisotopic (exact) mass is 338 g/mol. The Morgan fingerprint density at radius 1 is 1.08 bits per heavy atom. The molecule has 1 saturated heterocycles. The molecule has 0 amide bonds. The average molecular weight is 338 g/mol. The van der Waals surface area contributed by atoms with Crippen LogP contribution in [0.15, 0.2) is 36.0 Å². The zero-order valence-electron chi connectivity index (χ0n) is 15.1. The van der Waals surface area contributed by atoms with Crippen LogP contribution in [0.25, 0.3) is 0 Å². The first-order chi connectivity index (χ1) is 11.9. The quantitative estimate of drug-likeness (QED) is 0.492. The summed E-state index contributed by atoms with van der Waals surface area (Å²) >= 11 is 0. The molecule has 0 aromatic carbocycles. The molecule has 3 heteroatoms. The number of carbonyl (C=O) groups excluding carboxylic acids is 2. The second-order valence-corrected chi connectivity index (χ2v) is 9.17. The highest BCUT2D eigenvalue weighted by atomic mass is 16.6. The lowest BCUT2D eigenvalue weighted by molar-refractivity contribution is -0.157. The van der Waals surface area contributed by atoms with E-state index in [2.05, 4.69) is 32.1 Å². The molecular formula is C22H26O3. The summed E-state index contributed by atoms with van der Waals surface area (Å²) in [6.07, 6.45) is 16.3. The SMILES string of the molecule is CC12C=CC(=O)C=C1CCC1C2C=CC2(C)C1CC[C@@]21CCC(=O)O1. The fourth-order valence-corrected chi connectivity index (χ4v) is 6.86. The summed E-state index contributed by atoms with van der Waals surface area (Å²) in [5.41, 5.74) is 0.962. The van der Waals surface area contributed by atoms with Gasteiger partial charge in [0.05, 0.1) is 0 Å². The van der Waals surface area contributed by atoms with Crippen molar-refractivity contribution in [1.29, 1.82) is 0 Å². The number of hydrogen-bond acceptors (Lipinski definition) is 3. The van der Waals surface area contributed by atoms with Gasteiger partial charge in [0, 0.05) is 17.3 Å². The topological polar surface area (TPSA) is 43.4 Å². The van der Waals surface area contributed by atoms with Crippen molar-refractivity contribution in [2.75, 3.05) is 0 Å². The van der Waals surface area contributed by atoms with Crippen LogP contribution in [-0.2, 0) is 14.3 Å². The molecule has 2 saturated carbocycles. The van der Waals surface area contributed by atoms with Crippen molar-refractivity contribution in [3.63, 3.8) is 0 Å². The van der Waals surface area contributed by atoms with E-state index in [4.69, 9.17) is 4.74 Å². The first-order valence-corrected chi connectivity index (χ1v) is 9.73. The Hall–Kier alpha value is -1.64. The van der Waals surface area contributed by atoms with E-state index in [1.54, 1.807) is 6.08 Å². The number of ether oxygens (including phenoxy) is 1. The minimum Gasteiger partial charge on any atom is -0.458 e. The third-order valence-electron chi connectivity index (χ3n) is 8.32. The summed E-state index contributed by atoms with van der Waals surface area (Å²) in [6.45, 7) is 4.62. The Balaban J connectivity index is 1.56. The molecule has 3 fully saturated rings. The number of hydrogen-bond donors (Lipinski definition) is 0. The molecule has 25 heavy (non-hydrogen) atoms. The standard InChI is InChI=1S/C22H26O3/c1-20-9-5-15(23)13-14(20)3-4-16-17(20)6-10-21(2)18(16)7-11-22(21)12-8-19(24)25-22/h5-6,9-10,13,16-18H,3-4,7-8,11-12H2,1-2H3/t16?,17?,18?,20?,21?,22-/m1/s1. The zero-order chi connectivity index (χ0) is 17.4. The third-order valence-corrected chi connectivity index (χ3v) is 8.32. The number of fused-ring (bicyclic) bond motifs is 6. The summed E-state index contributed by atoms with van der Waals surface area (Å²) in [7, 11) is 0. The highest BCUT2D eigenvalue weighted by molar-refractivity contribution is 6.01. The van der Waals surface area contributed by atoms with E-state index in [1.165, 1.54) is 5.57 Å². The zero-order valence-corrected chi connectivity index (χ0v) is 15.1. The van der Waals surface area contributed by atoms with Crippen LogP contribution in [0.3, 0.4) is 0 Å². The molecule has 5 aliphatic rings. The molecule has 1 spiro atoms. The molecule has 1 heterocycles. The Kier molecular flexibility index (Phi) is 2.96. The van der Waals surface area contributed by atoms with Crippen LogP contribution >= 0.6 is 0 Å². The van der Waals surface area contributed by atoms with Gasteiger partial charge in [-0.05, 0) is 62.0 Å². The van der Waals surface area contributed by atoms with E-state index in [0.717, 1.165) is 32.1 Å². The van der Waals surface area contributed by atoms with Gasteiger partial charge in [-0.15, -0.1) is 0 Å². The average Bonchev–Trinajstić information content (AvgIpc) is 3.10. The maximum absolute atomic E-state index is 11.9. The van der Waals surface area contributed by atoms with Crippen molar-refractivity contribution < 1.29 is 14.3 Å². The molecule has 0 aromatic rings. The van der Waals surface area contributed by atoms with Crippen LogP contribution in [0.2, 0.25) is 0 Å². The second kappa shape index (κ2) is 4.75. The van der Waals surface area contributed by atoms with E-state index in [9.17, 15) is 9.59 Å². The predicted molar refractivity (Wildman–Crippen MR) is 94.6 cm³/mol. The summed E-state index contributed by atoms with van der Waals surface area (Å²) in [4.78, 5) is 23.7. The van der Waals surface area contributed by atoms with Crippen molar-refractivity contribution in [2.24, 2.45) is 28.6 Å². The van der Waals surface area contributed by atoms with Gasteiger partial charge in [-0.3, -0.25) is 9.59 Å². The van der Waals surface area contributed by atoms with Crippen molar-refractivity contribution in [2.45, 2.75) is 58.0 Å². The van der Waals surface area contributed by atoms with Crippen LogP contribution in [0.1, 0.15) is 52.4 Å². The lowest BCUT2D eigenvalue weighted by Gasteiger charge is -2.55. The lowest BCUT2D eigenvalue weighted by Crippen LogP contribution is -2.51. The molecule has 6 atom stereocenters. The number of esters is 1.